The summed E-state index contributed by atoms with van der Waals surface area (Å²) in [6.45, 7) is 10.6. The van der Waals surface area contributed by atoms with E-state index in [4.69, 9.17) is 0 Å². The average molecular weight is 239 g/mol. The third-order valence-electron chi connectivity index (χ3n) is 3.52. The molecule has 0 spiro atoms. The summed E-state index contributed by atoms with van der Waals surface area (Å²) in [5.41, 5.74) is 6.72. The van der Waals surface area contributed by atoms with Crippen molar-refractivity contribution in [1.29, 1.82) is 0 Å². The molecular formula is C17H21N. The van der Waals surface area contributed by atoms with Gasteiger partial charge in [-0.2, -0.15) is 0 Å². The van der Waals surface area contributed by atoms with E-state index in [1.165, 1.54) is 33.1 Å². The maximum atomic E-state index is 2.30. The zero-order valence-corrected chi connectivity index (χ0v) is 11.9. The fraction of sp³-hybridized carbons (Fsp3) is 0.294. The van der Waals surface area contributed by atoms with E-state index in [0.717, 1.165) is 0 Å². The molecule has 0 aliphatic carbocycles. The summed E-state index contributed by atoms with van der Waals surface area (Å²) in [6.07, 6.45) is 2.14. The molecule has 0 unspecified atom stereocenters. The van der Waals surface area contributed by atoms with Gasteiger partial charge in [0.05, 0.1) is 5.52 Å². The van der Waals surface area contributed by atoms with Crippen molar-refractivity contribution >= 4 is 16.4 Å². The van der Waals surface area contributed by atoms with Crippen molar-refractivity contribution in [1.82, 2.24) is 4.40 Å². The molecule has 94 valence electrons. The number of rotatable bonds is 0. The molecule has 0 aliphatic rings. The quantitative estimate of drug-likeness (QED) is 0.517. The van der Waals surface area contributed by atoms with Gasteiger partial charge >= 0.3 is 0 Å². The molecule has 1 aromatic carbocycles. The summed E-state index contributed by atoms with van der Waals surface area (Å²) >= 11 is 0. The van der Waals surface area contributed by atoms with E-state index >= 15 is 0 Å². The van der Waals surface area contributed by atoms with Crippen LogP contribution in [0.15, 0.2) is 36.5 Å². The molecule has 0 fully saturated rings. The molecule has 3 aromatic rings. The first-order valence-corrected chi connectivity index (χ1v) is 6.65. The maximum Gasteiger partial charge on any atom is 0.0534 e. The van der Waals surface area contributed by atoms with Crippen LogP contribution in [-0.4, -0.2) is 4.40 Å². The lowest BCUT2D eigenvalue weighted by Gasteiger charge is -2.01. The van der Waals surface area contributed by atoms with E-state index < -0.39 is 0 Å². The lowest BCUT2D eigenvalue weighted by Crippen LogP contribution is -1.84. The molecule has 0 aliphatic heterocycles. The van der Waals surface area contributed by atoms with Crippen LogP contribution in [0.1, 0.15) is 30.5 Å². The van der Waals surface area contributed by atoms with Gasteiger partial charge in [0.25, 0.3) is 0 Å². The Morgan fingerprint density at radius 3 is 2.22 bits per heavy atom. The monoisotopic (exact) mass is 239 g/mol. The number of fused-ring (bicyclic) bond motifs is 3. The molecule has 0 bridgehead atoms. The van der Waals surface area contributed by atoms with E-state index in [2.05, 4.69) is 61.7 Å². The van der Waals surface area contributed by atoms with Gasteiger partial charge in [0.1, 0.15) is 0 Å². The molecule has 0 saturated heterocycles. The van der Waals surface area contributed by atoms with E-state index in [9.17, 15) is 0 Å². The molecule has 0 radical (unpaired) electrons. The molecule has 18 heavy (non-hydrogen) atoms. The van der Waals surface area contributed by atoms with Crippen LogP contribution in [0.3, 0.4) is 0 Å². The van der Waals surface area contributed by atoms with Gasteiger partial charge < -0.3 is 4.40 Å². The molecule has 0 amide bonds. The first kappa shape index (κ1) is 12.7. The largest absolute Gasteiger partial charge is 0.316 e. The van der Waals surface area contributed by atoms with Crippen molar-refractivity contribution in [3.63, 3.8) is 0 Å². The second-order valence-corrected chi connectivity index (χ2v) is 4.53. The number of aryl methyl sites for hydroxylation is 3. The van der Waals surface area contributed by atoms with Gasteiger partial charge in [-0.1, -0.05) is 19.9 Å². The van der Waals surface area contributed by atoms with Crippen LogP contribution in [-0.2, 0) is 0 Å². The lowest BCUT2D eigenvalue weighted by molar-refractivity contribution is 1.24. The van der Waals surface area contributed by atoms with Crippen LogP contribution in [0.25, 0.3) is 16.4 Å². The summed E-state index contributed by atoms with van der Waals surface area (Å²) < 4.78 is 2.27. The van der Waals surface area contributed by atoms with Crippen LogP contribution in [0.2, 0.25) is 0 Å². The van der Waals surface area contributed by atoms with Crippen LogP contribution in [0.4, 0.5) is 0 Å². The Labute approximate surface area is 109 Å². The Morgan fingerprint density at radius 1 is 0.833 bits per heavy atom. The highest BCUT2D eigenvalue weighted by Gasteiger charge is 2.08. The summed E-state index contributed by atoms with van der Waals surface area (Å²) in [7, 11) is 0. The third kappa shape index (κ3) is 1.80. The van der Waals surface area contributed by atoms with E-state index in [1.54, 1.807) is 0 Å². The summed E-state index contributed by atoms with van der Waals surface area (Å²) in [4.78, 5) is 0. The first-order chi connectivity index (χ1) is 8.68. The second kappa shape index (κ2) is 4.85. The van der Waals surface area contributed by atoms with Gasteiger partial charge in [-0.05, 0) is 61.7 Å². The highest BCUT2D eigenvalue weighted by atomic mass is 14.9. The summed E-state index contributed by atoms with van der Waals surface area (Å²) in [5.74, 6) is 0. The zero-order valence-electron chi connectivity index (χ0n) is 11.9. The summed E-state index contributed by atoms with van der Waals surface area (Å²) in [6, 6.07) is 10.9. The van der Waals surface area contributed by atoms with Crippen molar-refractivity contribution in [3.05, 3.63) is 53.2 Å². The molecule has 2 heterocycles. The van der Waals surface area contributed by atoms with Crippen molar-refractivity contribution in [2.24, 2.45) is 0 Å². The Hall–Kier alpha value is -1.76. The number of hydrogen-bond acceptors (Lipinski definition) is 0. The van der Waals surface area contributed by atoms with E-state index in [0.29, 0.717) is 0 Å². The van der Waals surface area contributed by atoms with Crippen molar-refractivity contribution in [2.45, 2.75) is 34.6 Å². The topological polar surface area (TPSA) is 4.41 Å². The number of pyridine rings is 1. The average Bonchev–Trinajstić information content (AvgIpc) is 2.67. The first-order valence-electron chi connectivity index (χ1n) is 6.65. The van der Waals surface area contributed by atoms with E-state index in [1.807, 2.05) is 13.8 Å². The predicted octanol–water partition coefficient (Wildman–Crippen LogP) is 5.04. The van der Waals surface area contributed by atoms with Gasteiger partial charge in [0.2, 0.25) is 0 Å². The SMILES string of the molecule is CC.Cc1cc2c(C)c3ccccn3c2cc1C. The Balaban J connectivity index is 0.000000574. The Morgan fingerprint density at radius 2 is 1.50 bits per heavy atom. The van der Waals surface area contributed by atoms with Gasteiger partial charge in [-0.15, -0.1) is 0 Å². The highest BCUT2D eigenvalue weighted by molar-refractivity contribution is 5.92. The van der Waals surface area contributed by atoms with Gasteiger partial charge in [0.15, 0.2) is 0 Å². The van der Waals surface area contributed by atoms with Crippen molar-refractivity contribution in [3.8, 4) is 0 Å². The number of hydrogen-bond donors (Lipinski definition) is 0. The third-order valence-corrected chi connectivity index (χ3v) is 3.52. The fourth-order valence-electron chi connectivity index (χ4n) is 2.40. The second-order valence-electron chi connectivity index (χ2n) is 4.53. The van der Waals surface area contributed by atoms with Gasteiger partial charge in [-0.3, -0.25) is 0 Å². The molecular weight excluding hydrogens is 218 g/mol. The van der Waals surface area contributed by atoms with E-state index in [-0.39, 0.29) is 0 Å². The van der Waals surface area contributed by atoms with Gasteiger partial charge in [-0.25, -0.2) is 0 Å². The van der Waals surface area contributed by atoms with Crippen LogP contribution < -0.4 is 0 Å². The molecule has 2 aromatic heterocycles. The minimum Gasteiger partial charge on any atom is -0.316 e. The van der Waals surface area contributed by atoms with Crippen LogP contribution >= 0.6 is 0 Å². The maximum absolute atomic E-state index is 2.30. The number of benzene rings is 1. The van der Waals surface area contributed by atoms with Crippen LogP contribution in [0, 0.1) is 20.8 Å². The molecule has 0 saturated carbocycles. The van der Waals surface area contributed by atoms with Crippen molar-refractivity contribution in [2.75, 3.05) is 0 Å². The minimum absolute atomic E-state index is 1.31. The number of nitrogens with zero attached hydrogens (tertiary/aromatic N) is 1. The Bertz CT molecular complexity index is 689. The Kier molecular flexibility index (Phi) is 3.42. The van der Waals surface area contributed by atoms with Gasteiger partial charge in [0, 0.05) is 17.1 Å². The highest BCUT2D eigenvalue weighted by Crippen LogP contribution is 2.28. The lowest BCUT2D eigenvalue weighted by atomic mass is 10.1. The molecule has 1 heteroatoms. The van der Waals surface area contributed by atoms with Crippen molar-refractivity contribution < 1.29 is 0 Å². The molecule has 0 atom stereocenters. The smallest absolute Gasteiger partial charge is 0.0534 e. The minimum atomic E-state index is 1.31. The zero-order chi connectivity index (χ0) is 13.3. The predicted molar refractivity (Wildman–Crippen MR) is 80.5 cm³/mol. The summed E-state index contributed by atoms with van der Waals surface area (Å²) in [5, 5.41) is 1.37. The molecule has 3 rings (SSSR count). The van der Waals surface area contributed by atoms with Crippen LogP contribution in [0.5, 0.6) is 0 Å². The fourth-order valence-corrected chi connectivity index (χ4v) is 2.40. The number of aromatic nitrogens is 1. The molecule has 1 nitrogen and oxygen atoms in total. The molecule has 0 N–H and O–H groups in total. The normalized spacial score (nSPS) is 10.5. The standard InChI is InChI=1S/C15H15N.C2H6/c1-10-8-13-12(3)14-6-4-5-7-16(14)15(13)9-11(10)2;1-2/h4-9H,1-3H3;1-2H3.